The monoisotopic (exact) mass is 1260 g/mol. The Labute approximate surface area is 526 Å². The molecule has 34 nitrogen and oxygen atoms in total. The summed E-state index contributed by atoms with van der Waals surface area (Å²) in [4.78, 5) is 197. The van der Waals surface area contributed by atoms with Crippen LogP contribution >= 0.6 is 15.6 Å². The van der Waals surface area contributed by atoms with E-state index in [1.165, 1.54) is 6.92 Å². The van der Waals surface area contributed by atoms with Crippen molar-refractivity contribution in [3.05, 3.63) is 0 Å². The van der Waals surface area contributed by atoms with Crippen LogP contribution in [0.4, 0.5) is 0 Å². The van der Waals surface area contributed by atoms with Gasteiger partial charge in [-0.2, -0.15) is 0 Å². The van der Waals surface area contributed by atoms with Crippen LogP contribution in [0.25, 0.3) is 0 Å². The quantitative estimate of drug-likeness (QED) is 0.0147. The van der Waals surface area contributed by atoms with E-state index in [2.05, 4.69) is 33.1 Å². The number of nitrogens with zero attached hydrogens (tertiary/aromatic N) is 3. The Morgan fingerprint density at radius 1 is 0.464 bits per heavy atom. The zero-order valence-electron chi connectivity index (χ0n) is 47.7. The Bertz CT molecular complexity index is 2250. The van der Waals surface area contributed by atoms with Gasteiger partial charge in [0.2, 0.25) is 5.91 Å². The smallest absolute Gasteiger partial charge is 0.756 e. The molecule has 7 amide bonds. The first-order chi connectivity index (χ1) is 38.7. The number of amides is 7. The molecule has 38 heteroatoms. The second kappa shape index (κ2) is 44.8. The summed E-state index contributed by atoms with van der Waals surface area (Å²) in [5, 5.41) is 3.80. The van der Waals surface area contributed by atoms with E-state index in [1.807, 2.05) is 0 Å². The van der Waals surface area contributed by atoms with Crippen molar-refractivity contribution in [2.45, 2.75) is 155 Å². The number of imide groups is 3. The van der Waals surface area contributed by atoms with E-state index in [9.17, 15) is 86.0 Å². The normalized spacial score (nSPS) is 15.7. The molecule has 4 atom stereocenters. The minimum Gasteiger partial charge on any atom is -0.756 e. The number of carbonyl (C=O) groups excluding carboxylic acids is 14. The molecule has 3 rings (SSSR count). The summed E-state index contributed by atoms with van der Waals surface area (Å²) < 4.78 is 61.0. The largest absolute Gasteiger partial charge is 1.00 e. The number of nitrogens with two attached hydrogens (primary N) is 1. The average molecular weight is 1260 g/mol. The molecule has 0 radical (unpaired) electrons. The van der Waals surface area contributed by atoms with Crippen molar-refractivity contribution >= 4 is 98.8 Å². The van der Waals surface area contributed by atoms with Gasteiger partial charge in [0.1, 0.15) is 13.2 Å². The number of unbranched alkanes of at least 4 members (excludes halogenated alkanes) is 2. The molecule has 3 saturated heterocycles. The fourth-order valence-electron chi connectivity index (χ4n) is 5.88. The standard InChI is InChI=1S/C21H33N2O13P.C14H16N2O8.C11H22NO8P.2Na/c1-3-19(27)32-13-15(35-20(28)4-2)14-34-37(30,31)33-12-11-22-16(24)7-5-6-8-21(29)36-23-17(25)9-10-18(23)26;17-9-5-6-10(18)15(9)23-13(21)3-1-2-4-14(22)24-16-11(19)7-8-12(16)20;1-3-10(13)17-7-9(20-11(14)4-2)8-19-21(15,16)18-6-5-12;;/h15H,3-14H2,1-2H3,(H,22,24)(H,30,31);1-8H2;9H,3-8,12H2,1-2H3,(H,15,16);;/q;;;2*+1/p-2. The molecule has 3 N–H and O–H groups in total. The maximum absolute atomic E-state index is 11.9. The molecule has 0 bridgehead atoms. The second-order valence-electron chi connectivity index (χ2n) is 16.8. The van der Waals surface area contributed by atoms with Gasteiger partial charge in [-0.15, -0.1) is 15.2 Å². The van der Waals surface area contributed by atoms with Crippen molar-refractivity contribution in [3.8, 4) is 0 Å². The minimum atomic E-state index is -4.81. The van der Waals surface area contributed by atoms with Crippen LogP contribution in [0, 0.1) is 0 Å². The van der Waals surface area contributed by atoms with E-state index in [1.54, 1.807) is 20.8 Å². The maximum Gasteiger partial charge on any atom is 1.00 e. The molecular formula is C46H69N5Na2O29P2. The molecule has 3 aliphatic rings. The summed E-state index contributed by atoms with van der Waals surface area (Å²) in [6.45, 7) is 3.65. The van der Waals surface area contributed by atoms with Gasteiger partial charge in [0.25, 0.3) is 51.1 Å². The second-order valence-corrected chi connectivity index (χ2v) is 19.7. The van der Waals surface area contributed by atoms with E-state index in [0.29, 0.717) is 21.6 Å². The van der Waals surface area contributed by atoms with Crippen LogP contribution in [-0.4, -0.2) is 163 Å². The van der Waals surface area contributed by atoms with Gasteiger partial charge in [0, 0.05) is 103 Å². The zero-order valence-corrected chi connectivity index (χ0v) is 53.5. The van der Waals surface area contributed by atoms with Gasteiger partial charge in [-0.05, 0) is 25.7 Å². The van der Waals surface area contributed by atoms with Crippen LogP contribution in [0.2, 0.25) is 0 Å². The molecule has 0 spiro atoms. The van der Waals surface area contributed by atoms with Crippen LogP contribution in [0.15, 0.2) is 0 Å². The Morgan fingerprint density at radius 2 is 0.762 bits per heavy atom. The van der Waals surface area contributed by atoms with Crippen molar-refractivity contribution in [1.29, 1.82) is 0 Å². The third kappa shape index (κ3) is 36.4. The molecule has 0 aromatic carbocycles. The van der Waals surface area contributed by atoms with Gasteiger partial charge >= 0.3 is 101 Å². The van der Waals surface area contributed by atoms with Crippen LogP contribution < -0.4 is 80.0 Å². The summed E-state index contributed by atoms with van der Waals surface area (Å²) in [5.74, 6) is -8.36. The topological polar surface area (TPSA) is 469 Å². The van der Waals surface area contributed by atoms with E-state index in [4.69, 9.17) is 29.5 Å². The summed E-state index contributed by atoms with van der Waals surface area (Å²) in [6.07, 6.45) is -0.945. The fourth-order valence-corrected chi connectivity index (χ4v) is 7.37. The SMILES string of the molecule is CCC(=O)OCC(COP(=O)([O-])OCCN)OC(=O)CC.CCC(=O)OCC(COP(=O)([O-])OCCNC(=O)CCCCC(=O)ON1C(=O)CCC1=O)OC(=O)CC.O=C(CCCCC(=O)ON1C(=O)CCC1=O)ON1C(=O)CCC1=O.[Na+].[Na+]. The molecule has 464 valence electrons. The van der Waals surface area contributed by atoms with Crippen molar-refractivity contribution in [2.24, 2.45) is 5.73 Å². The van der Waals surface area contributed by atoms with Crippen LogP contribution in [0.3, 0.4) is 0 Å². The summed E-state index contributed by atoms with van der Waals surface area (Å²) in [5.41, 5.74) is 5.10. The molecule has 84 heavy (non-hydrogen) atoms. The van der Waals surface area contributed by atoms with Gasteiger partial charge in [-0.25, -0.2) is 14.4 Å². The van der Waals surface area contributed by atoms with E-state index in [0.717, 1.165) is 0 Å². The van der Waals surface area contributed by atoms with Crippen molar-refractivity contribution in [1.82, 2.24) is 20.5 Å². The predicted molar refractivity (Wildman–Crippen MR) is 262 cm³/mol. The minimum absolute atomic E-state index is 0. The van der Waals surface area contributed by atoms with E-state index in [-0.39, 0.29) is 201 Å². The maximum atomic E-state index is 11.9. The molecular weight excluding hydrogens is 1190 g/mol. The first kappa shape index (κ1) is 81.4. The molecule has 0 aromatic heterocycles. The van der Waals surface area contributed by atoms with Crippen molar-refractivity contribution < 1.29 is 197 Å². The van der Waals surface area contributed by atoms with Crippen LogP contribution in [0.1, 0.15) is 143 Å². The number of hydroxylamine groups is 6. The number of rotatable bonds is 36. The number of phosphoric ester groups is 2. The molecule has 4 unspecified atom stereocenters. The first-order valence-corrected chi connectivity index (χ1v) is 28.7. The Balaban J connectivity index is 0. The fraction of sp³-hybridized carbons (Fsp3) is 0.696. The number of nitrogens with one attached hydrogen (secondary N) is 1. The van der Waals surface area contributed by atoms with Gasteiger partial charge in [0.05, 0.1) is 26.4 Å². The molecule has 3 heterocycles. The summed E-state index contributed by atoms with van der Waals surface area (Å²) in [7, 11) is -9.34. The number of phosphoric acid groups is 2. The number of esters is 4. The summed E-state index contributed by atoms with van der Waals surface area (Å²) in [6, 6.07) is 0. The Kier molecular flexibility index (Phi) is 43.4. The zero-order chi connectivity index (χ0) is 61.8. The number of hydrogen-bond donors (Lipinski definition) is 2. The predicted octanol–water partition coefficient (Wildman–Crippen LogP) is -6.46. The first-order valence-electron chi connectivity index (χ1n) is 25.8. The van der Waals surface area contributed by atoms with Crippen LogP contribution in [-0.2, 0) is 128 Å². The Morgan fingerprint density at radius 3 is 1.06 bits per heavy atom. The third-order valence-corrected chi connectivity index (χ3v) is 12.1. The van der Waals surface area contributed by atoms with E-state index < -0.39 is 131 Å². The molecule has 0 aromatic rings. The molecule has 3 fully saturated rings. The van der Waals surface area contributed by atoms with E-state index >= 15 is 0 Å². The molecule has 3 aliphatic heterocycles. The van der Waals surface area contributed by atoms with Gasteiger partial charge in [-0.1, -0.05) is 27.7 Å². The van der Waals surface area contributed by atoms with Crippen LogP contribution in [0.5, 0.6) is 0 Å². The number of carbonyl (C=O) groups is 14. The number of ether oxygens (including phenoxy) is 4. The third-order valence-electron chi connectivity index (χ3n) is 10.1. The number of hydrogen-bond acceptors (Lipinski definition) is 30. The Hall–Kier alpha value is -4.64. The van der Waals surface area contributed by atoms with Crippen molar-refractivity contribution in [2.75, 3.05) is 52.7 Å². The summed E-state index contributed by atoms with van der Waals surface area (Å²) >= 11 is 0. The van der Waals surface area contributed by atoms with Gasteiger partial charge in [-0.3, -0.25) is 61.9 Å². The average Bonchev–Trinajstić information content (AvgIpc) is 4.31. The van der Waals surface area contributed by atoms with Crippen molar-refractivity contribution in [3.63, 3.8) is 0 Å². The van der Waals surface area contributed by atoms with Gasteiger partial charge < -0.3 is 72.4 Å². The molecule has 0 aliphatic carbocycles. The molecule has 0 saturated carbocycles. The van der Waals surface area contributed by atoms with Gasteiger partial charge in [0.15, 0.2) is 12.2 Å².